The lowest BCUT2D eigenvalue weighted by Crippen LogP contribution is -3.00. The summed E-state index contributed by atoms with van der Waals surface area (Å²) in [6.07, 6.45) is 0.814. The van der Waals surface area contributed by atoms with Crippen LogP contribution in [0, 0.1) is 0 Å². The molecule has 1 aromatic carbocycles. The van der Waals surface area contributed by atoms with Crippen molar-refractivity contribution in [1.82, 2.24) is 9.97 Å². The van der Waals surface area contributed by atoms with Gasteiger partial charge in [-0.05, 0) is 18.7 Å². The number of para-hydroxylation sites is 2. The first-order valence-electron chi connectivity index (χ1n) is 4.04. The Morgan fingerprint density at radius 3 is 2.57 bits per heavy atom. The first kappa shape index (κ1) is 13.2. The molecule has 3 nitrogen and oxygen atoms in total. The second-order valence-corrected chi connectivity index (χ2v) is 2.74. The van der Waals surface area contributed by atoms with Crippen LogP contribution in [-0.2, 0) is 6.42 Å². The molecule has 0 saturated heterocycles. The van der Waals surface area contributed by atoms with Gasteiger partial charge in [-0.2, -0.15) is 0 Å². The number of nitrogens with zero attached hydrogens (tertiary/aromatic N) is 1. The normalized spacial score (nSPS) is 9.21. The first-order chi connectivity index (χ1) is 5.90. The Labute approximate surface area is 94.9 Å². The van der Waals surface area contributed by atoms with E-state index in [2.05, 4.69) is 9.97 Å². The van der Waals surface area contributed by atoms with E-state index in [4.69, 9.17) is 5.73 Å². The van der Waals surface area contributed by atoms with Crippen LogP contribution in [0.25, 0.3) is 11.0 Å². The van der Waals surface area contributed by atoms with E-state index in [1.807, 2.05) is 24.3 Å². The van der Waals surface area contributed by atoms with Crippen molar-refractivity contribution in [3.63, 3.8) is 0 Å². The topological polar surface area (TPSA) is 54.7 Å². The second kappa shape index (κ2) is 5.86. The monoisotopic (exact) mass is 231 g/mol. The molecule has 0 unspecified atom stereocenters. The lowest BCUT2D eigenvalue weighted by atomic mass is 10.3. The van der Waals surface area contributed by atoms with Crippen LogP contribution in [0.1, 0.15) is 5.82 Å². The number of H-pyrrole nitrogens is 1. The number of benzene rings is 1. The van der Waals surface area contributed by atoms with E-state index in [-0.39, 0.29) is 24.8 Å². The van der Waals surface area contributed by atoms with Crippen molar-refractivity contribution < 1.29 is 24.8 Å². The molecule has 2 rings (SSSR count). The fraction of sp³-hybridized carbons (Fsp3) is 0.222. The number of aromatic amines is 1. The molecule has 5 heteroatoms. The number of rotatable bonds is 2. The van der Waals surface area contributed by atoms with Crippen molar-refractivity contribution in [2.45, 2.75) is 6.42 Å². The molecule has 0 radical (unpaired) electrons. The number of aromatic nitrogens is 2. The maximum absolute atomic E-state index is 5.42. The number of halogens is 2. The van der Waals surface area contributed by atoms with Crippen LogP contribution < -0.4 is 30.5 Å². The second-order valence-electron chi connectivity index (χ2n) is 2.74. The predicted octanol–water partition coefficient (Wildman–Crippen LogP) is -4.93. The quantitative estimate of drug-likeness (QED) is 0.545. The standard InChI is InChI=1S/C9H11N3.2ClH/c10-6-5-9-11-7-3-1-2-4-8(7)12-9;;/h1-4H,5-6,10H2,(H,11,12);2*1H/p-2. The minimum atomic E-state index is 0. The van der Waals surface area contributed by atoms with Gasteiger partial charge in [-0.15, -0.1) is 0 Å². The Morgan fingerprint density at radius 2 is 1.93 bits per heavy atom. The average Bonchev–Trinajstić information content (AvgIpc) is 2.47. The molecule has 1 heterocycles. The van der Waals surface area contributed by atoms with E-state index < -0.39 is 0 Å². The summed E-state index contributed by atoms with van der Waals surface area (Å²) in [5.74, 6) is 0.971. The molecule has 0 fully saturated rings. The number of hydrogen-bond acceptors (Lipinski definition) is 2. The van der Waals surface area contributed by atoms with E-state index in [0.717, 1.165) is 23.3 Å². The number of nitrogens with two attached hydrogens (primary N) is 1. The summed E-state index contributed by atoms with van der Waals surface area (Å²) < 4.78 is 0. The summed E-state index contributed by atoms with van der Waals surface area (Å²) in [4.78, 5) is 7.57. The van der Waals surface area contributed by atoms with Gasteiger partial charge in [0.05, 0.1) is 11.0 Å². The number of nitrogens with one attached hydrogen (secondary N) is 1. The number of hydrogen-bond donors (Lipinski definition) is 2. The van der Waals surface area contributed by atoms with Gasteiger partial charge in [-0.25, -0.2) is 4.98 Å². The lowest BCUT2D eigenvalue weighted by molar-refractivity contribution is -0.001000. The molecular formula is C9H11Cl2N3-2. The molecule has 3 N–H and O–H groups in total. The molecule has 2 aromatic rings. The molecule has 0 aliphatic heterocycles. The summed E-state index contributed by atoms with van der Waals surface area (Å²) in [6, 6.07) is 7.98. The average molecular weight is 232 g/mol. The van der Waals surface area contributed by atoms with Crippen molar-refractivity contribution >= 4 is 11.0 Å². The van der Waals surface area contributed by atoms with Crippen LogP contribution in [-0.4, -0.2) is 16.5 Å². The largest absolute Gasteiger partial charge is 1.00 e. The lowest BCUT2D eigenvalue weighted by Gasteiger charge is -1.87. The van der Waals surface area contributed by atoms with Gasteiger partial charge >= 0.3 is 0 Å². The van der Waals surface area contributed by atoms with E-state index in [1.165, 1.54) is 0 Å². The van der Waals surface area contributed by atoms with E-state index >= 15 is 0 Å². The third-order valence-corrected chi connectivity index (χ3v) is 1.82. The smallest absolute Gasteiger partial charge is 0.108 e. The Balaban J connectivity index is 0.000000845. The Bertz CT molecular complexity index is 353. The van der Waals surface area contributed by atoms with Gasteiger partial charge < -0.3 is 35.5 Å². The highest BCUT2D eigenvalue weighted by molar-refractivity contribution is 5.74. The third kappa shape index (κ3) is 2.61. The van der Waals surface area contributed by atoms with Crippen molar-refractivity contribution in [3.8, 4) is 0 Å². The van der Waals surface area contributed by atoms with Gasteiger partial charge in [0, 0.05) is 6.42 Å². The number of fused-ring (bicyclic) bond motifs is 1. The van der Waals surface area contributed by atoms with Gasteiger partial charge in [-0.1, -0.05) is 12.1 Å². The minimum Gasteiger partial charge on any atom is -1.00 e. The molecule has 0 spiro atoms. The van der Waals surface area contributed by atoms with Crippen LogP contribution >= 0.6 is 0 Å². The maximum Gasteiger partial charge on any atom is 0.108 e. The van der Waals surface area contributed by atoms with Crippen molar-refractivity contribution in [2.75, 3.05) is 6.54 Å². The highest BCUT2D eigenvalue weighted by Gasteiger charge is 1.98. The highest BCUT2D eigenvalue weighted by Crippen LogP contribution is 2.09. The first-order valence-corrected chi connectivity index (χ1v) is 4.04. The van der Waals surface area contributed by atoms with Crippen molar-refractivity contribution in [3.05, 3.63) is 30.1 Å². The van der Waals surface area contributed by atoms with Gasteiger partial charge in [0.2, 0.25) is 0 Å². The van der Waals surface area contributed by atoms with Crippen LogP contribution in [0.15, 0.2) is 24.3 Å². The predicted molar refractivity (Wildman–Crippen MR) is 48.9 cm³/mol. The number of imidazole rings is 1. The molecule has 0 bridgehead atoms. The fourth-order valence-corrected chi connectivity index (χ4v) is 1.26. The SMILES string of the molecule is NCCc1nc2ccccc2[nH]1.[Cl-].[Cl-]. The van der Waals surface area contributed by atoms with Gasteiger partial charge in [0.1, 0.15) is 5.82 Å². The Hall–Kier alpha value is -0.770. The summed E-state index contributed by atoms with van der Waals surface area (Å²) in [5, 5.41) is 0. The summed E-state index contributed by atoms with van der Waals surface area (Å²) >= 11 is 0. The van der Waals surface area contributed by atoms with Crippen molar-refractivity contribution in [1.29, 1.82) is 0 Å². The summed E-state index contributed by atoms with van der Waals surface area (Å²) in [6.45, 7) is 0.639. The Morgan fingerprint density at radius 1 is 1.21 bits per heavy atom. The molecule has 0 aliphatic rings. The molecule has 1 aromatic heterocycles. The van der Waals surface area contributed by atoms with Crippen LogP contribution in [0.2, 0.25) is 0 Å². The van der Waals surface area contributed by atoms with Crippen LogP contribution in [0.4, 0.5) is 0 Å². The molecular weight excluding hydrogens is 221 g/mol. The van der Waals surface area contributed by atoms with E-state index in [0.29, 0.717) is 6.54 Å². The van der Waals surface area contributed by atoms with Gasteiger partial charge in [0.15, 0.2) is 0 Å². The summed E-state index contributed by atoms with van der Waals surface area (Å²) in [7, 11) is 0. The molecule has 0 saturated carbocycles. The molecule has 0 atom stereocenters. The zero-order valence-electron chi connectivity index (χ0n) is 7.50. The van der Waals surface area contributed by atoms with Crippen LogP contribution in [0.5, 0.6) is 0 Å². The maximum atomic E-state index is 5.42. The highest BCUT2D eigenvalue weighted by atomic mass is 35.5. The minimum absolute atomic E-state index is 0. The zero-order valence-corrected chi connectivity index (χ0v) is 9.02. The summed E-state index contributed by atoms with van der Waals surface area (Å²) in [5.41, 5.74) is 7.52. The molecule has 0 aliphatic carbocycles. The fourth-order valence-electron chi connectivity index (χ4n) is 1.26. The molecule has 78 valence electrons. The molecule has 14 heavy (non-hydrogen) atoms. The van der Waals surface area contributed by atoms with Gasteiger partial charge in [-0.3, -0.25) is 0 Å². The molecule has 0 amide bonds. The third-order valence-electron chi connectivity index (χ3n) is 1.82. The van der Waals surface area contributed by atoms with Crippen LogP contribution in [0.3, 0.4) is 0 Å². The van der Waals surface area contributed by atoms with E-state index in [9.17, 15) is 0 Å². The van der Waals surface area contributed by atoms with E-state index in [1.54, 1.807) is 0 Å². The van der Waals surface area contributed by atoms with Gasteiger partial charge in [0.25, 0.3) is 0 Å². The zero-order chi connectivity index (χ0) is 8.39. The Kier molecular flexibility index (Phi) is 5.53. The van der Waals surface area contributed by atoms with Crippen molar-refractivity contribution in [2.24, 2.45) is 5.73 Å².